The summed E-state index contributed by atoms with van der Waals surface area (Å²) >= 11 is 0. The van der Waals surface area contributed by atoms with Crippen LogP contribution in [0.15, 0.2) is 10.6 Å². The first-order valence-electron chi connectivity index (χ1n) is 10.2. The van der Waals surface area contributed by atoms with Gasteiger partial charge in [-0.25, -0.2) is 9.18 Å². The third-order valence-electron chi connectivity index (χ3n) is 6.33. The third-order valence-corrected chi connectivity index (χ3v) is 6.33. The van der Waals surface area contributed by atoms with Crippen LogP contribution in [0.25, 0.3) is 11.0 Å². The number of carbonyl (C=O) groups excluding carboxylic acids is 4. The van der Waals surface area contributed by atoms with E-state index in [9.17, 15) is 19.2 Å². The summed E-state index contributed by atoms with van der Waals surface area (Å²) in [5.74, 6) is -2.83. The van der Waals surface area contributed by atoms with Crippen LogP contribution in [0.2, 0.25) is 0 Å². The number of rotatable bonds is 2. The van der Waals surface area contributed by atoms with Gasteiger partial charge in [0.1, 0.15) is 0 Å². The molecular weight excluding hydrogens is 425 g/mol. The van der Waals surface area contributed by atoms with E-state index in [0.29, 0.717) is 12.1 Å². The van der Waals surface area contributed by atoms with E-state index in [0.717, 1.165) is 0 Å². The first kappa shape index (κ1) is 20.4. The second-order valence-corrected chi connectivity index (χ2v) is 8.07. The number of benzene rings is 1. The molecule has 5 amide bonds. The monoisotopic (exact) mass is 445 g/mol. The van der Waals surface area contributed by atoms with Crippen molar-refractivity contribution >= 4 is 40.4 Å². The van der Waals surface area contributed by atoms with Crippen molar-refractivity contribution in [3.8, 4) is 0 Å². The first-order chi connectivity index (χ1) is 15.3. The van der Waals surface area contributed by atoms with Crippen LogP contribution in [0.1, 0.15) is 29.9 Å². The molecule has 1 spiro atoms. The van der Waals surface area contributed by atoms with Crippen molar-refractivity contribution in [3.05, 3.63) is 23.1 Å². The fraction of sp³-hybridized carbons (Fsp3) is 0.450. The van der Waals surface area contributed by atoms with Gasteiger partial charge in [-0.3, -0.25) is 25.0 Å². The van der Waals surface area contributed by atoms with Crippen molar-refractivity contribution in [1.82, 2.24) is 21.1 Å². The molecule has 3 aliphatic heterocycles. The number of urea groups is 1. The number of aromatic nitrogens is 1. The lowest BCUT2D eigenvalue weighted by molar-refractivity contribution is -0.151. The van der Waals surface area contributed by atoms with Gasteiger partial charge in [0.15, 0.2) is 16.9 Å². The van der Waals surface area contributed by atoms with Crippen molar-refractivity contribution in [2.24, 2.45) is 5.41 Å². The van der Waals surface area contributed by atoms with Gasteiger partial charge >= 0.3 is 6.03 Å². The third kappa shape index (κ3) is 2.58. The van der Waals surface area contributed by atoms with E-state index in [1.54, 1.807) is 18.7 Å². The summed E-state index contributed by atoms with van der Waals surface area (Å²) in [4.78, 5) is 51.9. The number of ether oxygens (including phenoxy) is 1. The Morgan fingerprint density at radius 3 is 2.75 bits per heavy atom. The second kappa shape index (κ2) is 6.99. The molecule has 2 aromatic rings. The molecule has 2 fully saturated rings. The van der Waals surface area contributed by atoms with E-state index < -0.39 is 47.1 Å². The molecule has 0 aliphatic carbocycles. The van der Waals surface area contributed by atoms with Crippen LogP contribution in [-0.4, -0.2) is 60.8 Å². The number of halogens is 1. The average molecular weight is 445 g/mol. The standard InChI is InChI=1S/C20H20FN5O6/c1-3-22-16(27)12-10-6-9-7-20(17(28)23-19(30)24-18(20)29)15-8(2)31-5-4-26(15)13(9)11(21)14(10)32-25-12/h6,8,15H,3-5,7H2,1-2H3,(H,22,27)(H2,23,24,28,29,30)/t8-,15+/m0/s1. The number of carbonyl (C=O) groups is 4. The summed E-state index contributed by atoms with van der Waals surface area (Å²) in [6.45, 7) is 4.21. The van der Waals surface area contributed by atoms with Gasteiger partial charge in [0.25, 0.3) is 5.91 Å². The summed E-state index contributed by atoms with van der Waals surface area (Å²) < 4.78 is 26.6. The normalized spacial score (nSPS) is 24.1. The predicted octanol–water partition coefficient (Wildman–Crippen LogP) is 0.219. The highest BCUT2D eigenvalue weighted by atomic mass is 19.1. The number of fused-ring (bicyclic) bond motifs is 5. The molecule has 0 bridgehead atoms. The van der Waals surface area contributed by atoms with Crippen LogP contribution in [-0.2, 0) is 20.7 Å². The zero-order chi connectivity index (χ0) is 22.8. The molecule has 0 saturated carbocycles. The van der Waals surface area contributed by atoms with E-state index in [1.165, 1.54) is 6.07 Å². The lowest BCUT2D eigenvalue weighted by Gasteiger charge is -2.54. The van der Waals surface area contributed by atoms with E-state index in [2.05, 4.69) is 21.1 Å². The maximum absolute atomic E-state index is 15.7. The molecule has 168 valence electrons. The van der Waals surface area contributed by atoms with Gasteiger partial charge in [-0.1, -0.05) is 5.16 Å². The van der Waals surface area contributed by atoms with Gasteiger partial charge in [-0.15, -0.1) is 0 Å². The number of barbiturate groups is 1. The Morgan fingerprint density at radius 1 is 1.34 bits per heavy atom. The van der Waals surface area contributed by atoms with Gasteiger partial charge in [0, 0.05) is 19.5 Å². The molecule has 0 unspecified atom stereocenters. The van der Waals surface area contributed by atoms with Crippen molar-refractivity contribution in [2.75, 3.05) is 24.6 Å². The van der Waals surface area contributed by atoms with Crippen LogP contribution in [0.4, 0.5) is 14.9 Å². The number of hydrogen-bond donors (Lipinski definition) is 3. The highest BCUT2D eigenvalue weighted by molar-refractivity contribution is 6.20. The fourth-order valence-corrected chi connectivity index (χ4v) is 5.07. The summed E-state index contributed by atoms with van der Waals surface area (Å²) in [5.41, 5.74) is -1.52. The van der Waals surface area contributed by atoms with Crippen LogP contribution < -0.4 is 20.9 Å². The number of anilines is 1. The van der Waals surface area contributed by atoms with Gasteiger partial charge in [0.2, 0.25) is 17.4 Å². The van der Waals surface area contributed by atoms with E-state index in [1.807, 2.05) is 0 Å². The zero-order valence-corrected chi connectivity index (χ0v) is 17.3. The van der Waals surface area contributed by atoms with E-state index in [-0.39, 0.29) is 41.9 Å². The quantitative estimate of drug-likeness (QED) is 0.557. The molecule has 3 aliphatic rings. The molecule has 1 aromatic heterocycles. The Morgan fingerprint density at radius 2 is 2.06 bits per heavy atom. The number of nitrogens with zero attached hydrogens (tertiary/aromatic N) is 2. The number of amides is 5. The van der Waals surface area contributed by atoms with Crippen molar-refractivity contribution in [3.63, 3.8) is 0 Å². The van der Waals surface area contributed by atoms with Crippen LogP contribution in [0.5, 0.6) is 0 Å². The number of imide groups is 2. The van der Waals surface area contributed by atoms with Crippen molar-refractivity contribution in [2.45, 2.75) is 32.4 Å². The minimum absolute atomic E-state index is 0.0946. The molecule has 12 heteroatoms. The molecule has 32 heavy (non-hydrogen) atoms. The average Bonchev–Trinajstić information content (AvgIpc) is 3.16. The molecule has 3 N–H and O–H groups in total. The Bertz CT molecular complexity index is 1170. The van der Waals surface area contributed by atoms with Crippen LogP contribution >= 0.6 is 0 Å². The summed E-state index contributed by atoms with van der Waals surface area (Å²) in [6, 6.07) is -0.259. The Balaban J connectivity index is 1.74. The highest BCUT2D eigenvalue weighted by Gasteiger charge is 2.62. The summed E-state index contributed by atoms with van der Waals surface area (Å²) in [5, 5.41) is 10.8. The first-order valence-corrected chi connectivity index (χ1v) is 10.2. The molecule has 1 aromatic carbocycles. The van der Waals surface area contributed by atoms with Gasteiger partial charge < -0.3 is 19.5 Å². The van der Waals surface area contributed by atoms with E-state index in [4.69, 9.17) is 9.26 Å². The fourth-order valence-electron chi connectivity index (χ4n) is 5.07. The maximum Gasteiger partial charge on any atom is 0.328 e. The molecule has 0 radical (unpaired) electrons. The highest BCUT2D eigenvalue weighted by Crippen LogP contribution is 2.48. The number of nitrogens with one attached hydrogen (secondary N) is 3. The maximum atomic E-state index is 15.7. The minimum Gasteiger partial charge on any atom is -0.374 e. The smallest absolute Gasteiger partial charge is 0.328 e. The van der Waals surface area contributed by atoms with Crippen molar-refractivity contribution < 1.29 is 32.8 Å². The molecule has 2 saturated heterocycles. The predicted molar refractivity (Wildman–Crippen MR) is 106 cm³/mol. The number of morpholine rings is 1. The number of hydrogen-bond acceptors (Lipinski definition) is 8. The molecular formula is C20H20FN5O6. The SMILES string of the molecule is CCNC(=O)c1noc2c(F)c3c(cc12)CC1(C(=O)NC(=O)NC1=O)[C@H]1[C@H](C)OCCN31. The molecule has 2 atom stereocenters. The van der Waals surface area contributed by atoms with Crippen molar-refractivity contribution in [1.29, 1.82) is 0 Å². The van der Waals surface area contributed by atoms with Crippen LogP contribution in [0, 0.1) is 11.2 Å². The Labute approximate surface area is 180 Å². The minimum atomic E-state index is -1.73. The lowest BCUT2D eigenvalue weighted by Crippen LogP contribution is -2.74. The summed E-state index contributed by atoms with van der Waals surface area (Å²) in [6.07, 6.45) is -0.813. The van der Waals surface area contributed by atoms with Crippen LogP contribution in [0.3, 0.4) is 0 Å². The summed E-state index contributed by atoms with van der Waals surface area (Å²) in [7, 11) is 0. The van der Waals surface area contributed by atoms with E-state index >= 15 is 4.39 Å². The topological polar surface area (TPSA) is 143 Å². The van der Waals surface area contributed by atoms with Gasteiger partial charge in [-0.2, -0.15) is 0 Å². The molecule has 5 rings (SSSR count). The largest absolute Gasteiger partial charge is 0.374 e. The Kier molecular flexibility index (Phi) is 4.45. The van der Waals surface area contributed by atoms with Gasteiger partial charge in [-0.05, 0) is 25.5 Å². The van der Waals surface area contributed by atoms with Gasteiger partial charge in [0.05, 0.1) is 29.8 Å². The zero-order valence-electron chi connectivity index (χ0n) is 17.3. The Hall–Kier alpha value is -3.54. The molecule has 11 nitrogen and oxygen atoms in total. The molecule has 4 heterocycles. The second-order valence-electron chi connectivity index (χ2n) is 8.07. The lowest BCUT2D eigenvalue weighted by atomic mass is 9.66.